The molecule has 2 heterocycles. The zero-order valence-corrected chi connectivity index (χ0v) is 17.8. The maximum atomic E-state index is 12.0. The van der Waals surface area contributed by atoms with Gasteiger partial charge in [-0.05, 0) is 61.3 Å². The molecule has 0 radical (unpaired) electrons. The Morgan fingerprint density at radius 1 is 1.20 bits per heavy atom. The number of rotatable bonds is 5. The topological polar surface area (TPSA) is 101 Å². The minimum atomic E-state index is -0.405. The Bertz CT molecular complexity index is 1000. The first-order valence-corrected chi connectivity index (χ1v) is 10.2. The normalized spacial score (nSPS) is 24.5. The Morgan fingerprint density at radius 2 is 1.90 bits per heavy atom. The number of anilines is 3. The third-order valence-corrected chi connectivity index (χ3v) is 6.23. The average Bonchev–Trinajstić information content (AvgIpc) is 2.90. The highest BCUT2D eigenvalue weighted by Gasteiger charge is 2.51. The highest BCUT2D eigenvalue weighted by atomic mass is 16.6. The maximum absolute atomic E-state index is 12.0. The van der Waals surface area contributed by atoms with Gasteiger partial charge in [-0.25, -0.2) is 9.97 Å². The van der Waals surface area contributed by atoms with Crippen molar-refractivity contribution in [2.45, 2.75) is 53.0 Å². The lowest BCUT2D eigenvalue weighted by molar-refractivity contribution is -0.383. The van der Waals surface area contributed by atoms with E-state index in [1.165, 1.54) is 13.3 Å². The average molecular weight is 409 g/mol. The van der Waals surface area contributed by atoms with E-state index in [1.807, 2.05) is 0 Å². The van der Waals surface area contributed by atoms with Crippen molar-refractivity contribution in [3.63, 3.8) is 0 Å². The van der Waals surface area contributed by atoms with E-state index in [4.69, 9.17) is 0 Å². The molecule has 0 spiro atoms. The van der Waals surface area contributed by atoms with Crippen LogP contribution in [-0.4, -0.2) is 33.3 Å². The van der Waals surface area contributed by atoms with Gasteiger partial charge in [0, 0.05) is 23.8 Å². The first-order valence-electron chi connectivity index (χ1n) is 10.2. The van der Waals surface area contributed by atoms with Crippen LogP contribution < -0.4 is 10.2 Å². The molecule has 1 aliphatic heterocycles. The van der Waals surface area contributed by atoms with Gasteiger partial charge in [0.25, 0.3) is 0 Å². The summed E-state index contributed by atoms with van der Waals surface area (Å²) in [4.78, 5) is 33.7. The van der Waals surface area contributed by atoms with E-state index >= 15 is 0 Å². The molecule has 2 atom stereocenters. The second-order valence-corrected chi connectivity index (χ2v) is 9.75. The SMILES string of the molecule is CC(=O)c1ccc(Nc2ncnc(N3CC4(C)CC3CC(C)(C)C4)c2[N+](=O)[O-])cc1. The zero-order valence-electron chi connectivity index (χ0n) is 17.8. The number of Topliss-reactive ketones (excluding diaryl/α,β-unsaturated/α-hetero) is 1. The molecule has 2 unspecified atom stereocenters. The van der Waals surface area contributed by atoms with Gasteiger partial charge in [-0.15, -0.1) is 0 Å². The van der Waals surface area contributed by atoms with E-state index in [9.17, 15) is 14.9 Å². The van der Waals surface area contributed by atoms with Gasteiger partial charge in [0.15, 0.2) is 5.78 Å². The first kappa shape index (κ1) is 20.3. The van der Waals surface area contributed by atoms with E-state index in [0.29, 0.717) is 17.1 Å². The van der Waals surface area contributed by atoms with E-state index in [1.54, 1.807) is 24.3 Å². The summed E-state index contributed by atoms with van der Waals surface area (Å²) in [5.41, 5.74) is 1.43. The lowest BCUT2D eigenvalue weighted by Crippen LogP contribution is -2.35. The Labute approximate surface area is 175 Å². The fraction of sp³-hybridized carbons (Fsp3) is 0.500. The van der Waals surface area contributed by atoms with Crippen LogP contribution in [-0.2, 0) is 0 Å². The third-order valence-electron chi connectivity index (χ3n) is 6.23. The summed E-state index contributed by atoms with van der Waals surface area (Å²) >= 11 is 0. The van der Waals surface area contributed by atoms with Crippen LogP contribution in [0.15, 0.2) is 30.6 Å². The molecule has 1 saturated carbocycles. The lowest BCUT2D eigenvalue weighted by atomic mass is 9.65. The lowest BCUT2D eigenvalue weighted by Gasteiger charge is -2.39. The second kappa shape index (κ2) is 7.04. The van der Waals surface area contributed by atoms with Crippen molar-refractivity contribution < 1.29 is 9.72 Å². The Kier molecular flexibility index (Phi) is 4.75. The molecular formula is C22H27N5O3. The van der Waals surface area contributed by atoms with Gasteiger partial charge in [-0.2, -0.15) is 0 Å². The van der Waals surface area contributed by atoms with Crippen molar-refractivity contribution in [2.24, 2.45) is 10.8 Å². The molecular weight excluding hydrogens is 382 g/mol. The number of benzene rings is 1. The summed E-state index contributed by atoms with van der Waals surface area (Å²) < 4.78 is 0. The molecule has 2 aromatic rings. The van der Waals surface area contributed by atoms with Crippen molar-refractivity contribution in [1.29, 1.82) is 0 Å². The van der Waals surface area contributed by atoms with Crippen molar-refractivity contribution >= 4 is 28.8 Å². The molecule has 1 aromatic heterocycles. The quantitative estimate of drug-likeness (QED) is 0.432. The summed E-state index contributed by atoms with van der Waals surface area (Å²) in [5.74, 6) is 0.504. The molecule has 2 fully saturated rings. The number of carbonyl (C=O) groups excluding carboxylic acids is 1. The number of nitro groups is 1. The van der Waals surface area contributed by atoms with Crippen molar-refractivity contribution in [1.82, 2.24) is 9.97 Å². The predicted molar refractivity (Wildman–Crippen MR) is 115 cm³/mol. The molecule has 1 saturated heterocycles. The number of fused-ring (bicyclic) bond motifs is 2. The van der Waals surface area contributed by atoms with Crippen LogP contribution in [0, 0.1) is 20.9 Å². The zero-order chi connectivity index (χ0) is 21.7. The van der Waals surface area contributed by atoms with Gasteiger partial charge in [-0.1, -0.05) is 20.8 Å². The minimum Gasteiger partial charge on any atom is -0.347 e. The molecule has 1 aromatic carbocycles. The molecule has 4 rings (SSSR count). The molecule has 1 aliphatic carbocycles. The standard InChI is InChI=1S/C22H27N5O3/c1-14(28)15-5-7-16(8-6-15)25-19-18(27(29)30)20(24-13-23-19)26-12-22(4)10-17(26)9-21(2,3)11-22/h5-8,13,17H,9-12H2,1-4H3,(H,23,24,25). The Morgan fingerprint density at radius 3 is 2.53 bits per heavy atom. The number of ketones is 1. The fourth-order valence-corrected chi connectivity index (χ4v) is 5.47. The largest absolute Gasteiger partial charge is 0.353 e. The van der Waals surface area contributed by atoms with Crippen LogP contribution in [0.3, 0.4) is 0 Å². The summed E-state index contributed by atoms with van der Waals surface area (Å²) in [7, 11) is 0. The Hall–Kier alpha value is -3.03. The van der Waals surface area contributed by atoms with Gasteiger partial charge in [0.2, 0.25) is 11.6 Å². The fourth-order valence-electron chi connectivity index (χ4n) is 5.47. The number of aromatic nitrogens is 2. The minimum absolute atomic E-state index is 0.0339. The molecule has 1 N–H and O–H groups in total. The molecule has 8 heteroatoms. The van der Waals surface area contributed by atoms with E-state index in [0.717, 1.165) is 25.8 Å². The van der Waals surface area contributed by atoms with Crippen molar-refractivity contribution in [3.05, 3.63) is 46.3 Å². The van der Waals surface area contributed by atoms with Crippen LogP contribution in [0.4, 0.5) is 23.0 Å². The molecule has 158 valence electrons. The predicted octanol–water partition coefficient (Wildman–Crippen LogP) is 4.74. The summed E-state index contributed by atoms with van der Waals surface area (Å²) in [6.07, 6.45) is 4.48. The molecule has 2 bridgehead atoms. The van der Waals surface area contributed by atoms with Gasteiger partial charge < -0.3 is 10.2 Å². The number of hydrogen-bond donors (Lipinski definition) is 1. The van der Waals surface area contributed by atoms with Crippen LogP contribution in [0.5, 0.6) is 0 Å². The van der Waals surface area contributed by atoms with Crippen molar-refractivity contribution in [2.75, 3.05) is 16.8 Å². The Balaban J connectivity index is 1.69. The first-order chi connectivity index (χ1) is 14.1. The molecule has 8 nitrogen and oxygen atoms in total. The highest BCUT2D eigenvalue weighted by Crippen LogP contribution is 2.54. The third kappa shape index (κ3) is 3.74. The second-order valence-electron chi connectivity index (χ2n) is 9.75. The number of nitrogens with one attached hydrogen (secondary N) is 1. The van der Waals surface area contributed by atoms with Crippen LogP contribution >= 0.6 is 0 Å². The van der Waals surface area contributed by atoms with Gasteiger partial charge in [-0.3, -0.25) is 14.9 Å². The smallest absolute Gasteiger partial charge is 0.347 e. The maximum Gasteiger partial charge on any atom is 0.353 e. The molecule has 30 heavy (non-hydrogen) atoms. The van der Waals surface area contributed by atoms with Crippen molar-refractivity contribution in [3.8, 4) is 0 Å². The molecule has 0 amide bonds. The van der Waals surface area contributed by atoms with Gasteiger partial charge >= 0.3 is 5.69 Å². The number of hydrogen-bond acceptors (Lipinski definition) is 7. The van der Waals surface area contributed by atoms with E-state index in [-0.39, 0.29) is 34.2 Å². The number of carbonyl (C=O) groups is 1. The summed E-state index contributed by atoms with van der Waals surface area (Å²) in [6, 6.07) is 7.04. The van der Waals surface area contributed by atoms with E-state index in [2.05, 4.69) is 41.0 Å². The molecule has 2 aliphatic rings. The number of nitrogens with zero attached hydrogens (tertiary/aromatic N) is 4. The summed E-state index contributed by atoms with van der Waals surface area (Å²) in [6.45, 7) is 9.06. The van der Waals surface area contributed by atoms with E-state index < -0.39 is 4.92 Å². The highest BCUT2D eigenvalue weighted by molar-refractivity contribution is 5.94. The van der Waals surface area contributed by atoms with Gasteiger partial charge in [0.05, 0.1) is 4.92 Å². The van der Waals surface area contributed by atoms with Crippen LogP contribution in [0.1, 0.15) is 57.3 Å². The monoisotopic (exact) mass is 409 g/mol. The van der Waals surface area contributed by atoms with Gasteiger partial charge in [0.1, 0.15) is 6.33 Å². The van der Waals surface area contributed by atoms with Crippen LogP contribution in [0.25, 0.3) is 0 Å². The summed E-state index contributed by atoms with van der Waals surface area (Å²) in [5, 5.41) is 15.1. The van der Waals surface area contributed by atoms with Crippen LogP contribution in [0.2, 0.25) is 0 Å².